The lowest BCUT2D eigenvalue weighted by molar-refractivity contribution is -0.380. The number of rotatable bonds is 3. The third-order valence-corrected chi connectivity index (χ3v) is 2.68. The van der Waals surface area contributed by atoms with E-state index >= 15 is 0 Å². The zero-order valence-electron chi connectivity index (χ0n) is 7.97. The molecule has 1 aromatic rings. The van der Waals surface area contributed by atoms with E-state index in [0.29, 0.717) is 4.88 Å². The minimum atomic E-state index is -0.525. The number of hydrogen-bond donors (Lipinski definition) is 0. The van der Waals surface area contributed by atoms with Crippen molar-refractivity contribution in [2.75, 3.05) is 13.6 Å². The molecule has 0 fully saturated rings. The highest BCUT2D eigenvalue weighted by atomic mass is 32.1. The summed E-state index contributed by atoms with van der Waals surface area (Å²) >= 11 is 0.844. The van der Waals surface area contributed by atoms with Crippen LogP contribution in [-0.2, 0) is 0 Å². The van der Waals surface area contributed by atoms with Gasteiger partial charge in [-0.2, -0.15) is 0 Å². The molecule has 0 atom stereocenters. The van der Waals surface area contributed by atoms with E-state index in [4.69, 9.17) is 6.42 Å². The van der Waals surface area contributed by atoms with Gasteiger partial charge in [0, 0.05) is 13.1 Å². The number of nitrogens with zero attached hydrogens (tertiary/aromatic N) is 2. The van der Waals surface area contributed by atoms with Gasteiger partial charge in [-0.25, -0.2) is 0 Å². The Morgan fingerprint density at radius 3 is 2.87 bits per heavy atom. The van der Waals surface area contributed by atoms with Crippen LogP contribution in [0.1, 0.15) is 9.67 Å². The Hall–Kier alpha value is -1.87. The first kappa shape index (κ1) is 11.2. The predicted molar refractivity (Wildman–Crippen MR) is 56.8 cm³/mol. The van der Waals surface area contributed by atoms with Crippen LogP contribution in [-0.4, -0.2) is 29.3 Å². The zero-order chi connectivity index (χ0) is 11.4. The van der Waals surface area contributed by atoms with Crippen molar-refractivity contribution < 1.29 is 9.72 Å². The van der Waals surface area contributed by atoms with Crippen LogP contribution in [0, 0.1) is 22.5 Å². The van der Waals surface area contributed by atoms with Gasteiger partial charge in [-0.1, -0.05) is 17.3 Å². The molecule has 0 N–H and O–H groups in total. The third-order valence-electron chi connectivity index (χ3n) is 1.66. The van der Waals surface area contributed by atoms with Crippen molar-refractivity contribution in [2.45, 2.75) is 0 Å². The second kappa shape index (κ2) is 4.57. The molecule has 1 aromatic heterocycles. The van der Waals surface area contributed by atoms with Crippen LogP contribution in [0.5, 0.6) is 0 Å². The fourth-order valence-corrected chi connectivity index (χ4v) is 1.75. The van der Waals surface area contributed by atoms with Crippen molar-refractivity contribution in [3.63, 3.8) is 0 Å². The smallest absolute Gasteiger partial charge is 0.324 e. The molecule has 0 aliphatic carbocycles. The lowest BCUT2D eigenvalue weighted by Gasteiger charge is -2.11. The lowest BCUT2D eigenvalue weighted by Crippen LogP contribution is -2.26. The van der Waals surface area contributed by atoms with Crippen LogP contribution < -0.4 is 0 Å². The van der Waals surface area contributed by atoms with Crippen LogP contribution in [0.15, 0.2) is 12.1 Å². The molecule has 5 nitrogen and oxygen atoms in total. The number of terminal acetylenes is 1. The molecule has 78 valence electrons. The number of thiophene rings is 1. The van der Waals surface area contributed by atoms with E-state index < -0.39 is 4.92 Å². The van der Waals surface area contributed by atoms with Gasteiger partial charge < -0.3 is 4.90 Å². The Kier molecular flexibility index (Phi) is 3.42. The molecule has 0 aliphatic heterocycles. The highest BCUT2D eigenvalue weighted by Crippen LogP contribution is 2.24. The summed E-state index contributed by atoms with van der Waals surface area (Å²) in [6.45, 7) is 0.185. The maximum atomic E-state index is 11.6. The summed E-state index contributed by atoms with van der Waals surface area (Å²) in [4.78, 5) is 23.1. The van der Waals surface area contributed by atoms with Gasteiger partial charge >= 0.3 is 5.00 Å². The van der Waals surface area contributed by atoms with Crippen molar-refractivity contribution in [1.82, 2.24) is 4.90 Å². The molecule has 15 heavy (non-hydrogen) atoms. The van der Waals surface area contributed by atoms with E-state index in [0.717, 1.165) is 11.3 Å². The third kappa shape index (κ3) is 2.54. The van der Waals surface area contributed by atoms with Gasteiger partial charge in [0.2, 0.25) is 0 Å². The fraction of sp³-hybridized carbons (Fsp3) is 0.222. The van der Waals surface area contributed by atoms with Crippen molar-refractivity contribution in [3.05, 3.63) is 27.1 Å². The quantitative estimate of drug-likeness (QED) is 0.442. The highest BCUT2D eigenvalue weighted by molar-refractivity contribution is 7.17. The molecule has 1 rings (SSSR count). The normalized spacial score (nSPS) is 9.33. The van der Waals surface area contributed by atoms with Crippen LogP contribution in [0.4, 0.5) is 5.00 Å². The van der Waals surface area contributed by atoms with Crippen molar-refractivity contribution in [2.24, 2.45) is 0 Å². The van der Waals surface area contributed by atoms with Crippen LogP contribution in [0.25, 0.3) is 0 Å². The summed E-state index contributed by atoms with van der Waals surface area (Å²) < 4.78 is 0. The minimum Gasteiger partial charge on any atom is -0.330 e. The molecule has 6 heteroatoms. The number of carbonyl (C=O) groups is 1. The maximum absolute atomic E-state index is 11.6. The highest BCUT2D eigenvalue weighted by Gasteiger charge is 2.17. The van der Waals surface area contributed by atoms with E-state index in [9.17, 15) is 14.9 Å². The molecule has 0 saturated heterocycles. The van der Waals surface area contributed by atoms with Gasteiger partial charge in [-0.15, -0.1) is 6.42 Å². The van der Waals surface area contributed by atoms with E-state index in [1.807, 2.05) is 0 Å². The average molecular weight is 224 g/mol. The summed E-state index contributed by atoms with van der Waals surface area (Å²) in [6, 6.07) is 2.74. The molecule has 0 radical (unpaired) electrons. The molecule has 1 amide bonds. The molecule has 0 aliphatic rings. The SMILES string of the molecule is C#CCN(C)C(=O)c1ccc([N+](=O)[O-])s1. The van der Waals surface area contributed by atoms with Crippen LogP contribution in [0.2, 0.25) is 0 Å². The largest absolute Gasteiger partial charge is 0.330 e. The Morgan fingerprint density at radius 2 is 2.40 bits per heavy atom. The Bertz CT molecular complexity index is 433. The summed E-state index contributed by atoms with van der Waals surface area (Å²) in [7, 11) is 1.55. The summed E-state index contributed by atoms with van der Waals surface area (Å²) in [5, 5.41) is 10.3. The standard InChI is InChI=1S/C9H8N2O3S/c1-3-6-10(2)9(12)7-4-5-8(15-7)11(13)14/h1,4-5H,6H2,2H3. The van der Waals surface area contributed by atoms with Gasteiger partial charge in [0.1, 0.15) is 0 Å². The minimum absolute atomic E-state index is 0.0487. The summed E-state index contributed by atoms with van der Waals surface area (Å²) in [5.41, 5.74) is 0. The van der Waals surface area contributed by atoms with Crippen molar-refractivity contribution in [3.8, 4) is 12.3 Å². The van der Waals surface area contributed by atoms with Crippen LogP contribution >= 0.6 is 11.3 Å². The van der Waals surface area contributed by atoms with Crippen molar-refractivity contribution in [1.29, 1.82) is 0 Å². The van der Waals surface area contributed by atoms with Gasteiger partial charge in [-0.3, -0.25) is 14.9 Å². The Balaban J connectivity index is 2.84. The second-order valence-corrected chi connectivity index (χ2v) is 3.82. The Morgan fingerprint density at radius 1 is 1.73 bits per heavy atom. The zero-order valence-corrected chi connectivity index (χ0v) is 8.78. The lowest BCUT2D eigenvalue weighted by atomic mass is 10.4. The molecular weight excluding hydrogens is 216 g/mol. The summed E-state index contributed by atoms with van der Waals surface area (Å²) in [5.74, 6) is 2.02. The first-order valence-corrected chi connectivity index (χ1v) is 4.81. The van der Waals surface area contributed by atoms with Crippen molar-refractivity contribution >= 4 is 22.2 Å². The molecular formula is C9H8N2O3S. The number of hydrogen-bond acceptors (Lipinski definition) is 4. The first-order chi connectivity index (χ1) is 7.06. The Labute approximate surface area is 90.5 Å². The molecule has 1 heterocycles. The molecule has 0 bridgehead atoms. The summed E-state index contributed by atoms with van der Waals surface area (Å²) in [6.07, 6.45) is 5.05. The number of amides is 1. The van der Waals surface area contributed by atoms with E-state index in [-0.39, 0.29) is 17.5 Å². The number of nitro groups is 1. The molecule has 0 aromatic carbocycles. The monoisotopic (exact) mass is 224 g/mol. The van der Waals surface area contributed by atoms with Gasteiger partial charge in [-0.05, 0) is 6.07 Å². The average Bonchev–Trinajstić information content (AvgIpc) is 2.65. The molecule has 0 spiro atoms. The predicted octanol–water partition coefficient (Wildman–Crippen LogP) is 1.36. The van der Waals surface area contributed by atoms with E-state index in [1.165, 1.54) is 17.0 Å². The van der Waals surface area contributed by atoms with Gasteiger partial charge in [0.15, 0.2) is 0 Å². The topological polar surface area (TPSA) is 63.5 Å². The van der Waals surface area contributed by atoms with Gasteiger partial charge in [0.05, 0.1) is 16.3 Å². The van der Waals surface area contributed by atoms with Gasteiger partial charge in [0.25, 0.3) is 5.91 Å². The second-order valence-electron chi connectivity index (χ2n) is 2.76. The molecule has 0 saturated carbocycles. The van der Waals surface area contributed by atoms with E-state index in [2.05, 4.69) is 5.92 Å². The first-order valence-electron chi connectivity index (χ1n) is 3.99. The molecule has 0 unspecified atom stereocenters. The maximum Gasteiger partial charge on any atom is 0.324 e. The fourth-order valence-electron chi connectivity index (χ4n) is 0.938. The van der Waals surface area contributed by atoms with E-state index in [1.54, 1.807) is 7.05 Å². The van der Waals surface area contributed by atoms with Crippen LogP contribution in [0.3, 0.4) is 0 Å². The number of carbonyl (C=O) groups excluding carboxylic acids is 1.